The lowest BCUT2D eigenvalue weighted by Crippen LogP contribution is -2.51. The van der Waals surface area contributed by atoms with Gasteiger partial charge in [0.05, 0.1) is 13.2 Å². The largest absolute Gasteiger partial charge is 0.379 e. The standard InChI is InChI=1S/C24H40N6O2.HI/c1-20-7-9-22(10-8-20)30-13-4-6-21(19-30)27-24(26-18-23(31)28(2)3)25-11-5-12-29-14-16-32-17-15-29;/h7-10,21H,4-6,11-19H2,1-3H3,(H2,25,26,27);1H. The van der Waals surface area contributed by atoms with Crippen molar-refractivity contribution in [2.75, 3.05) is 78.0 Å². The third-order valence-electron chi connectivity index (χ3n) is 6.08. The minimum absolute atomic E-state index is 0. The van der Waals surface area contributed by atoms with Crippen LogP contribution >= 0.6 is 24.0 Å². The van der Waals surface area contributed by atoms with Crippen LogP contribution in [0.4, 0.5) is 5.69 Å². The molecule has 1 aromatic carbocycles. The molecule has 2 saturated heterocycles. The monoisotopic (exact) mass is 572 g/mol. The molecule has 2 aliphatic heterocycles. The Morgan fingerprint density at radius 2 is 1.91 bits per heavy atom. The van der Waals surface area contributed by atoms with Gasteiger partial charge in [-0.3, -0.25) is 9.69 Å². The Labute approximate surface area is 216 Å². The van der Waals surface area contributed by atoms with Crippen molar-refractivity contribution in [3.63, 3.8) is 0 Å². The predicted molar refractivity (Wildman–Crippen MR) is 146 cm³/mol. The highest BCUT2D eigenvalue weighted by molar-refractivity contribution is 14.0. The van der Waals surface area contributed by atoms with Gasteiger partial charge in [0.15, 0.2) is 5.96 Å². The normalized spacial score (nSPS) is 19.5. The van der Waals surface area contributed by atoms with Crippen molar-refractivity contribution >= 4 is 41.5 Å². The van der Waals surface area contributed by atoms with E-state index in [-0.39, 0.29) is 36.4 Å². The van der Waals surface area contributed by atoms with Crippen molar-refractivity contribution in [3.8, 4) is 0 Å². The zero-order valence-corrected chi connectivity index (χ0v) is 22.7. The first kappa shape index (κ1) is 27.7. The molecule has 186 valence electrons. The molecule has 1 amide bonds. The summed E-state index contributed by atoms with van der Waals surface area (Å²) in [6, 6.07) is 9.04. The second-order valence-electron chi connectivity index (χ2n) is 8.95. The molecule has 0 aromatic heterocycles. The number of anilines is 1. The van der Waals surface area contributed by atoms with Crippen LogP contribution < -0.4 is 15.5 Å². The number of carbonyl (C=O) groups is 1. The number of guanidine groups is 1. The summed E-state index contributed by atoms with van der Waals surface area (Å²) < 4.78 is 5.42. The van der Waals surface area contributed by atoms with Crippen molar-refractivity contribution in [1.82, 2.24) is 20.4 Å². The number of nitrogens with zero attached hydrogens (tertiary/aromatic N) is 4. The number of aliphatic imine (C=N–C) groups is 1. The van der Waals surface area contributed by atoms with E-state index in [9.17, 15) is 4.79 Å². The van der Waals surface area contributed by atoms with Crippen molar-refractivity contribution in [1.29, 1.82) is 0 Å². The number of carbonyl (C=O) groups excluding carboxylic acids is 1. The molecule has 33 heavy (non-hydrogen) atoms. The number of piperidine rings is 1. The number of aryl methyl sites for hydroxylation is 1. The van der Waals surface area contributed by atoms with Gasteiger partial charge in [0.2, 0.25) is 5.91 Å². The first-order valence-electron chi connectivity index (χ1n) is 11.9. The van der Waals surface area contributed by atoms with Gasteiger partial charge in [0.25, 0.3) is 0 Å². The van der Waals surface area contributed by atoms with Gasteiger partial charge in [0, 0.05) is 58.5 Å². The molecule has 2 N–H and O–H groups in total. The molecule has 0 bridgehead atoms. The van der Waals surface area contributed by atoms with E-state index >= 15 is 0 Å². The van der Waals surface area contributed by atoms with Crippen LogP contribution in [-0.4, -0.2) is 101 Å². The molecule has 2 fully saturated rings. The Morgan fingerprint density at radius 3 is 2.61 bits per heavy atom. The summed E-state index contributed by atoms with van der Waals surface area (Å²) >= 11 is 0. The number of nitrogens with one attached hydrogen (secondary N) is 2. The molecule has 8 nitrogen and oxygen atoms in total. The van der Waals surface area contributed by atoms with Gasteiger partial charge in [-0.25, -0.2) is 4.99 Å². The average Bonchev–Trinajstić information content (AvgIpc) is 2.81. The number of halogens is 1. The number of hydrogen-bond donors (Lipinski definition) is 2. The summed E-state index contributed by atoms with van der Waals surface area (Å²) in [5.74, 6) is 0.738. The van der Waals surface area contributed by atoms with Gasteiger partial charge in [-0.05, 0) is 44.9 Å². The van der Waals surface area contributed by atoms with Crippen LogP contribution in [0.2, 0.25) is 0 Å². The minimum atomic E-state index is 0. The van der Waals surface area contributed by atoms with E-state index in [0.29, 0.717) is 6.04 Å². The Hall–Kier alpha value is -1.59. The lowest BCUT2D eigenvalue weighted by molar-refractivity contribution is -0.127. The second-order valence-corrected chi connectivity index (χ2v) is 8.95. The van der Waals surface area contributed by atoms with Crippen LogP contribution in [0.3, 0.4) is 0 Å². The fourth-order valence-corrected chi connectivity index (χ4v) is 4.05. The summed E-state index contributed by atoms with van der Waals surface area (Å²) in [7, 11) is 3.53. The highest BCUT2D eigenvalue weighted by atomic mass is 127. The van der Waals surface area contributed by atoms with Crippen LogP contribution in [0, 0.1) is 6.92 Å². The van der Waals surface area contributed by atoms with Gasteiger partial charge in [0.1, 0.15) is 6.54 Å². The molecule has 0 spiro atoms. The fourth-order valence-electron chi connectivity index (χ4n) is 4.05. The first-order chi connectivity index (χ1) is 15.5. The van der Waals surface area contributed by atoms with Crippen molar-refractivity contribution in [3.05, 3.63) is 29.8 Å². The van der Waals surface area contributed by atoms with E-state index in [0.717, 1.165) is 77.7 Å². The van der Waals surface area contributed by atoms with E-state index in [1.165, 1.54) is 11.3 Å². The quantitative estimate of drug-likeness (QED) is 0.215. The average molecular weight is 573 g/mol. The maximum atomic E-state index is 12.1. The molecule has 1 atom stereocenters. The number of rotatable bonds is 8. The Balaban J connectivity index is 0.00000385. The van der Waals surface area contributed by atoms with Gasteiger partial charge in [-0.1, -0.05) is 17.7 Å². The molecule has 2 aliphatic rings. The Bertz CT molecular complexity index is 737. The van der Waals surface area contributed by atoms with Crippen LogP contribution in [0.5, 0.6) is 0 Å². The van der Waals surface area contributed by atoms with E-state index in [4.69, 9.17) is 4.74 Å². The summed E-state index contributed by atoms with van der Waals surface area (Å²) in [5, 5.41) is 7.05. The number of amides is 1. The minimum Gasteiger partial charge on any atom is -0.379 e. The highest BCUT2D eigenvalue weighted by Gasteiger charge is 2.21. The lowest BCUT2D eigenvalue weighted by Gasteiger charge is -2.35. The molecule has 1 aromatic rings. The van der Waals surface area contributed by atoms with Gasteiger partial charge in [-0.15, -0.1) is 24.0 Å². The lowest BCUT2D eigenvalue weighted by atomic mass is 10.0. The van der Waals surface area contributed by atoms with Crippen molar-refractivity contribution < 1.29 is 9.53 Å². The van der Waals surface area contributed by atoms with E-state index in [1.54, 1.807) is 19.0 Å². The summed E-state index contributed by atoms with van der Waals surface area (Å²) in [6.07, 6.45) is 3.26. The van der Waals surface area contributed by atoms with Crippen molar-refractivity contribution in [2.45, 2.75) is 32.2 Å². The zero-order valence-electron chi connectivity index (χ0n) is 20.4. The van der Waals surface area contributed by atoms with E-state index < -0.39 is 0 Å². The number of ether oxygens (including phenoxy) is 1. The highest BCUT2D eigenvalue weighted by Crippen LogP contribution is 2.20. The molecule has 0 saturated carbocycles. The molecular formula is C24H41IN6O2. The first-order valence-corrected chi connectivity index (χ1v) is 11.9. The smallest absolute Gasteiger partial charge is 0.243 e. The fraction of sp³-hybridized carbons (Fsp3) is 0.667. The summed E-state index contributed by atoms with van der Waals surface area (Å²) in [4.78, 5) is 23.1. The number of hydrogen-bond acceptors (Lipinski definition) is 5. The summed E-state index contributed by atoms with van der Waals surface area (Å²) in [6.45, 7) is 9.81. The van der Waals surface area contributed by atoms with Gasteiger partial charge in [-0.2, -0.15) is 0 Å². The third kappa shape index (κ3) is 9.66. The molecule has 9 heteroatoms. The van der Waals surface area contributed by atoms with Gasteiger partial charge < -0.3 is 25.2 Å². The molecule has 0 radical (unpaired) electrons. The molecule has 1 unspecified atom stereocenters. The van der Waals surface area contributed by atoms with Crippen molar-refractivity contribution in [2.24, 2.45) is 4.99 Å². The molecule has 2 heterocycles. The topological polar surface area (TPSA) is 72.4 Å². The van der Waals surface area contributed by atoms with Gasteiger partial charge >= 0.3 is 0 Å². The number of morpholine rings is 1. The second kappa shape index (κ2) is 14.6. The zero-order chi connectivity index (χ0) is 22.8. The molecule has 3 rings (SSSR count). The number of likely N-dealkylation sites (N-methyl/N-ethyl adjacent to an activating group) is 1. The summed E-state index contributed by atoms with van der Waals surface area (Å²) in [5.41, 5.74) is 2.54. The maximum absolute atomic E-state index is 12.1. The van der Waals surface area contributed by atoms with Crippen LogP contribution in [0.1, 0.15) is 24.8 Å². The Morgan fingerprint density at radius 1 is 1.18 bits per heavy atom. The van der Waals surface area contributed by atoms with Crippen LogP contribution in [0.15, 0.2) is 29.3 Å². The van der Waals surface area contributed by atoms with E-state index in [2.05, 4.69) is 56.6 Å². The predicted octanol–water partition coefficient (Wildman–Crippen LogP) is 1.93. The van der Waals surface area contributed by atoms with E-state index in [1.807, 2.05) is 0 Å². The number of benzene rings is 1. The molecule has 0 aliphatic carbocycles. The van der Waals surface area contributed by atoms with Crippen LogP contribution in [0.25, 0.3) is 0 Å². The Kier molecular flexibility index (Phi) is 12.3. The maximum Gasteiger partial charge on any atom is 0.243 e. The SMILES string of the molecule is Cc1ccc(N2CCCC(NC(=NCC(=O)N(C)C)NCCCN3CCOCC3)C2)cc1.I. The van der Waals surface area contributed by atoms with Crippen LogP contribution in [-0.2, 0) is 9.53 Å². The third-order valence-corrected chi connectivity index (χ3v) is 6.08. The molecular weight excluding hydrogens is 531 g/mol.